The van der Waals surface area contributed by atoms with Gasteiger partial charge < -0.3 is 15.4 Å². The number of nitrogens with two attached hydrogens (primary N) is 1. The largest absolute Gasteiger partial charge is 0.383 e. The van der Waals surface area contributed by atoms with Gasteiger partial charge in [-0.05, 0) is 30.6 Å². The van der Waals surface area contributed by atoms with Crippen LogP contribution in [-0.2, 0) is 4.74 Å². The minimum atomic E-state index is 0.519. The fraction of sp³-hybridized carbons (Fsp3) is 0.750. The number of nitrogens with zero attached hydrogens (tertiary/aromatic N) is 2. The molecule has 2 N–H and O–H groups in total. The van der Waals surface area contributed by atoms with Crippen molar-refractivity contribution in [1.82, 2.24) is 4.37 Å². The van der Waals surface area contributed by atoms with E-state index in [1.54, 1.807) is 18.9 Å². The molecule has 104 valence electrons. The van der Waals surface area contributed by atoms with Crippen molar-refractivity contribution in [1.29, 1.82) is 0 Å². The lowest BCUT2D eigenvalue weighted by Gasteiger charge is -2.31. The molecule has 1 heterocycles. The third kappa shape index (κ3) is 3.52. The van der Waals surface area contributed by atoms with E-state index in [9.17, 15) is 0 Å². The highest BCUT2D eigenvalue weighted by Crippen LogP contribution is 2.38. The molecule has 0 aromatic carbocycles. The Morgan fingerprint density at radius 2 is 2.11 bits per heavy atom. The van der Waals surface area contributed by atoms with E-state index in [4.69, 9.17) is 10.5 Å². The number of nitrogen functional groups attached to an aromatic ring is 1. The first-order valence-electron chi connectivity index (χ1n) is 6.24. The van der Waals surface area contributed by atoms with Crippen molar-refractivity contribution >= 4 is 34.1 Å². The summed E-state index contributed by atoms with van der Waals surface area (Å²) in [4.78, 5) is 3.49. The van der Waals surface area contributed by atoms with E-state index in [1.165, 1.54) is 16.5 Å². The monoisotopic (exact) mass is 289 g/mol. The summed E-state index contributed by atoms with van der Waals surface area (Å²) in [6.45, 7) is 6.05. The van der Waals surface area contributed by atoms with E-state index in [0.29, 0.717) is 11.9 Å². The molecule has 0 aliphatic carbocycles. The molecule has 1 aromatic rings. The smallest absolute Gasteiger partial charge is 0.153 e. The van der Waals surface area contributed by atoms with Gasteiger partial charge in [0.25, 0.3) is 0 Å². The van der Waals surface area contributed by atoms with Crippen molar-refractivity contribution in [3.8, 4) is 0 Å². The number of thioether (sulfide) groups is 1. The lowest BCUT2D eigenvalue weighted by Crippen LogP contribution is -2.36. The Bertz CT molecular complexity index is 353. The molecule has 0 aliphatic heterocycles. The van der Waals surface area contributed by atoms with Crippen molar-refractivity contribution in [2.45, 2.75) is 37.6 Å². The SMILES string of the molecule is CCC(CC)N(CCOC)c1snc(N)c1SC. The molecular weight excluding hydrogens is 266 g/mol. The number of anilines is 2. The van der Waals surface area contributed by atoms with Crippen LogP contribution in [0.1, 0.15) is 26.7 Å². The van der Waals surface area contributed by atoms with Crippen LogP contribution in [0.5, 0.6) is 0 Å². The Labute approximate surface area is 118 Å². The van der Waals surface area contributed by atoms with Gasteiger partial charge in [0.05, 0.1) is 11.5 Å². The molecule has 4 nitrogen and oxygen atoms in total. The summed E-state index contributed by atoms with van der Waals surface area (Å²) in [7, 11) is 1.74. The quantitative estimate of drug-likeness (QED) is 0.745. The van der Waals surface area contributed by atoms with Crippen molar-refractivity contribution < 1.29 is 4.74 Å². The summed E-state index contributed by atoms with van der Waals surface area (Å²) < 4.78 is 9.50. The van der Waals surface area contributed by atoms with Gasteiger partial charge in [-0.25, -0.2) is 0 Å². The molecule has 1 rings (SSSR count). The lowest BCUT2D eigenvalue weighted by molar-refractivity contribution is 0.202. The van der Waals surface area contributed by atoms with Gasteiger partial charge >= 0.3 is 0 Å². The second-order valence-electron chi connectivity index (χ2n) is 4.06. The van der Waals surface area contributed by atoms with Gasteiger partial charge in [0, 0.05) is 19.7 Å². The van der Waals surface area contributed by atoms with Gasteiger partial charge in [0.15, 0.2) is 5.82 Å². The fourth-order valence-electron chi connectivity index (χ4n) is 2.03. The van der Waals surface area contributed by atoms with Crippen LogP contribution >= 0.6 is 23.3 Å². The zero-order valence-electron chi connectivity index (χ0n) is 11.6. The highest BCUT2D eigenvalue weighted by Gasteiger charge is 2.22. The molecular formula is C12H23N3OS2. The maximum absolute atomic E-state index is 5.92. The van der Waals surface area contributed by atoms with Crippen LogP contribution in [0.3, 0.4) is 0 Å². The third-order valence-corrected chi connectivity index (χ3v) is 4.88. The summed E-state index contributed by atoms with van der Waals surface area (Å²) in [6, 6.07) is 0.519. The van der Waals surface area contributed by atoms with Crippen molar-refractivity contribution in [2.75, 3.05) is 37.2 Å². The minimum Gasteiger partial charge on any atom is -0.383 e. The predicted octanol–water partition coefficient (Wildman–Crippen LogP) is 3.09. The number of ether oxygens (including phenoxy) is 1. The maximum atomic E-state index is 5.92. The van der Waals surface area contributed by atoms with E-state index in [0.717, 1.165) is 30.9 Å². The van der Waals surface area contributed by atoms with E-state index < -0.39 is 0 Å². The number of hydrogen-bond donors (Lipinski definition) is 1. The molecule has 0 radical (unpaired) electrons. The van der Waals surface area contributed by atoms with Crippen molar-refractivity contribution in [2.24, 2.45) is 0 Å². The highest BCUT2D eigenvalue weighted by molar-refractivity contribution is 7.99. The van der Waals surface area contributed by atoms with E-state index >= 15 is 0 Å². The molecule has 0 amide bonds. The van der Waals surface area contributed by atoms with Gasteiger partial charge in [0.2, 0.25) is 0 Å². The second-order valence-corrected chi connectivity index (χ2v) is 5.63. The summed E-state index contributed by atoms with van der Waals surface area (Å²) >= 11 is 3.16. The standard InChI is InChI=1S/C12H23N3OS2/c1-5-9(6-2)15(7-8-16-3)12-10(17-4)11(13)14-18-12/h9H,5-8H2,1-4H3,(H2,13,14). The summed E-state index contributed by atoms with van der Waals surface area (Å²) in [5, 5.41) is 1.19. The number of rotatable bonds is 8. The number of hydrogen-bond acceptors (Lipinski definition) is 6. The number of aromatic nitrogens is 1. The number of methoxy groups -OCH3 is 1. The first-order chi connectivity index (χ1) is 8.69. The van der Waals surface area contributed by atoms with Crippen LogP contribution in [0.25, 0.3) is 0 Å². The molecule has 0 saturated heterocycles. The molecule has 0 unspecified atom stereocenters. The van der Waals surface area contributed by atoms with Crippen LogP contribution in [-0.4, -0.2) is 36.9 Å². The van der Waals surface area contributed by atoms with Gasteiger partial charge in [0.1, 0.15) is 5.00 Å². The van der Waals surface area contributed by atoms with Crippen molar-refractivity contribution in [3.63, 3.8) is 0 Å². The molecule has 0 spiro atoms. The molecule has 0 fully saturated rings. The molecule has 18 heavy (non-hydrogen) atoms. The molecule has 0 bridgehead atoms. The predicted molar refractivity (Wildman–Crippen MR) is 81.9 cm³/mol. The first-order valence-corrected chi connectivity index (χ1v) is 8.24. The Morgan fingerprint density at radius 1 is 1.44 bits per heavy atom. The summed E-state index contributed by atoms with van der Waals surface area (Å²) in [5.74, 6) is 0.649. The summed E-state index contributed by atoms with van der Waals surface area (Å²) in [6.07, 6.45) is 4.28. The highest BCUT2D eigenvalue weighted by atomic mass is 32.2. The molecule has 6 heteroatoms. The van der Waals surface area contributed by atoms with Gasteiger partial charge in [-0.2, -0.15) is 4.37 Å². The molecule has 1 aromatic heterocycles. The average molecular weight is 289 g/mol. The van der Waals surface area contributed by atoms with Crippen LogP contribution in [0.15, 0.2) is 4.90 Å². The van der Waals surface area contributed by atoms with Crippen LogP contribution in [0.2, 0.25) is 0 Å². The van der Waals surface area contributed by atoms with E-state index in [2.05, 4.69) is 23.1 Å². The van der Waals surface area contributed by atoms with Gasteiger partial charge in [-0.3, -0.25) is 0 Å². The maximum Gasteiger partial charge on any atom is 0.153 e. The van der Waals surface area contributed by atoms with Crippen LogP contribution in [0, 0.1) is 0 Å². The minimum absolute atomic E-state index is 0.519. The Kier molecular flexibility index (Phi) is 6.81. The topological polar surface area (TPSA) is 51.4 Å². The van der Waals surface area contributed by atoms with E-state index in [1.807, 2.05) is 6.26 Å². The average Bonchev–Trinajstić information content (AvgIpc) is 2.75. The van der Waals surface area contributed by atoms with Gasteiger partial charge in [-0.15, -0.1) is 11.8 Å². The molecule has 0 saturated carbocycles. The van der Waals surface area contributed by atoms with Crippen LogP contribution < -0.4 is 10.6 Å². The first kappa shape index (κ1) is 15.6. The van der Waals surface area contributed by atoms with Gasteiger partial charge in [-0.1, -0.05) is 13.8 Å². The lowest BCUT2D eigenvalue weighted by atomic mass is 10.1. The zero-order chi connectivity index (χ0) is 13.5. The van der Waals surface area contributed by atoms with Crippen molar-refractivity contribution in [3.05, 3.63) is 0 Å². The fourth-order valence-corrected chi connectivity index (χ4v) is 3.80. The summed E-state index contributed by atoms with van der Waals surface area (Å²) in [5.41, 5.74) is 5.92. The van der Waals surface area contributed by atoms with E-state index in [-0.39, 0.29) is 0 Å². The molecule has 0 atom stereocenters. The molecule has 0 aliphatic rings. The zero-order valence-corrected chi connectivity index (χ0v) is 13.2. The Morgan fingerprint density at radius 3 is 2.61 bits per heavy atom. The normalized spacial score (nSPS) is 11.2. The Hall–Kier alpha value is -0.460. The van der Waals surface area contributed by atoms with Crippen LogP contribution in [0.4, 0.5) is 10.8 Å². The third-order valence-electron chi connectivity index (χ3n) is 3.04. The second kappa shape index (κ2) is 7.86. The Balaban J connectivity index is 2.99.